The molecular weight excluding hydrogens is 234 g/mol. The van der Waals surface area contributed by atoms with Crippen molar-refractivity contribution < 1.29 is 0 Å². The number of rotatable bonds is 2. The lowest BCUT2D eigenvalue weighted by atomic mass is 10.00. The summed E-state index contributed by atoms with van der Waals surface area (Å²) in [5, 5.41) is 9.08. The van der Waals surface area contributed by atoms with Crippen molar-refractivity contribution in [1.29, 1.82) is 5.26 Å². The fraction of sp³-hybridized carbons (Fsp3) is 0.562. The van der Waals surface area contributed by atoms with E-state index in [1.165, 1.54) is 16.8 Å². The van der Waals surface area contributed by atoms with E-state index in [4.69, 9.17) is 5.26 Å². The molecule has 3 heteroatoms. The maximum absolute atomic E-state index is 9.08. The zero-order chi connectivity index (χ0) is 14.0. The van der Waals surface area contributed by atoms with E-state index in [0.29, 0.717) is 18.5 Å². The van der Waals surface area contributed by atoms with Gasteiger partial charge in [0.2, 0.25) is 0 Å². The number of nitriles is 1. The second kappa shape index (κ2) is 5.63. The van der Waals surface area contributed by atoms with E-state index in [0.717, 1.165) is 13.1 Å². The molecular formula is C16H23N3. The smallest absolute Gasteiger partial charge is 0.0643 e. The summed E-state index contributed by atoms with van der Waals surface area (Å²) in [5.74, 6) is 0. The Morgan fingerprint density at radius 2 is 2.05 bits per heavy atom. The van der Waals surface area contributed by atoms with Crippen LogP contribution in [0.25, 0.3) is 0 Å². The molecule has 2 rings (SSSR count). The Labute approximate surface area is 116 Å². The third-order valence-electron chi connectivity index (χ3n) is 4.15. The van der Waals surface area contributed by atoms with Crippen molar-refractivity contribution in [2.24, 2.45) is 0 Å². The average Bonchev–Trinajstić information content (AvgIpc) is 2.34. The maximum Gasteiger partial charge on any atom is 0.0643 e. The minimum Gasteiger partial charge on any atom is -0.362 e. The van der Waals surface area contributed by atoms with E-state index in [9.17, 15) is 0 Å². The first-order valence-electron chi connectivity index (χ1n) is 6.94. The molecule has 2 unspecified atom stereocenters. The van der Waals surface area contributed by atoms with Crippen molar-refractivity contribution in [2.45, 2.75) is 39.3 Å². The molecule has 1 aromatic carbocycles. The first-order chi connectivity index (χ1) is 9.04. The Kier molecular flexibility index (Phi) is 4.11. The molecule has 0 amide bonds. The van der Waals surface area contributed by atoms with Crippen LogP contribution in [0.4, 0.5) is 5.69 Å². The quantitative estimate of drug-likeness (QED) is 0.816. The van der Waals surface area contributed by atoms with Gasteiger partial charge in [-0.25, -0.2) is 0 Å². The lowest BCUT2D eigenvalue weighted by molar-refractivity contribution is 0.233. The van der Waals surface area contributed by atoms with Crippen LogP contribution in [0.2, 0.25) is 0 Å². The second-order valence-electron chi connectivity index (χ2n) is 5.71. The third-order valence-corrected chi connectivity index (χ3v) is 4.15. The topological polar surface area (TPSA) is 30.3 Å². The minimum atomic E-state index is 0.291. The third kappa shape index (κ3) is 2.74. The van der Waals surface area contributed by atoms with Crippen molar-refractivity contribution in [3.8, 4) is 6.07 Å². The number of piperazine rings is 1. The average molecular weight is 257 g/mol. The van der Waals surface area contributed by atoms with Crippen LogP contribution in [-0.2, 0) is 0 Å². The van der Waals surface area contributed by atoms with Crippen molar-refractivity contribution in [1.82, 2.24) is 4.90 Å². The molecule has 0 bridgehead atoms. The molecule has 1 heterocycles. The Morgan fingerprint density at radius 1 is 1.32 bits per heavy atom. The number of nitrogens with zero attached hydrogens (tertiary/aromatic N) is 3. The molecule has 1 aliphatic heterocycles. The normalized spacial score (nSPS) is 24.3. The molecule has 0 N–H and O–H groups in total. The van der Waals surface area contributed by atoms with Crippen molar-refractivity contribution >= 4 is 5.69 Å². The fourth-order valence-corrected chi connectivity index (χ4v) is 3.14. The van der Waals surface area contributed by atoms with Crippen LogP contribution in [0.1, 0.15) is 24.5 Å². The molecule has 1 saturated heterocycles. The van der Waals surface area contributed by atoms with Gasteiger partial charge in [-0.3, -0.25) is 0 Å². The van der Waals surface area contributed by atoms with E-state index in [1.807, 2.05) is 0 Å². The van der Waals surface area contributed by atoms with Crippen LogP contribution in [0, 0.1) is 25.2 Å². The summed E-state index contributed by atoms with van der Waals surface area (Å²) in [4.78, 5) is 4.78. The van der Waals surface area contributed by atoms with Gasteiger partial charge in [-0.05, 0) is 45.0 Å². The van der Waals surface area contributed by atoms with Crippen LogP contribution >= 0.6 is 0 Å². The molecule has 2 atom stereocenters. The molecule has 0 spiro atoms. The minimum absolute atomic E-state index is 0.291. The van der Waals surface area contributed by atoms with E-state index in [2.05, 4.69) is 61.9 Å². The van der Waals surface area contributed by atoms with Gasteiger partial charge < -0.3 is 9.80 Å². The van der Waals surface area contributed by atoms with Crippen LogP contribution in [0.3, 0.4) is 0 Å². The summed E-state index contributed by atoms with van der Waals surface area (Å²) in [7, 11) is 2.14. The largest absolute Gasteiger partial charge is 0.362 e. The van der Waals surface area contributed by atoms with Crippen LogP contribution in [-0.4, -0.2) is 37.1 Å². The number of anilines is 1. The predicted molar refractivity (Wildman–Crippen MR) is 79.4 cm³/mol. The van der Waals surface area contributed by atoms with E-state index >= 15 is 0 Å². The summed E-state index contributed by atoms with van der Waals surface area (Å²) in [6, 6.07) is 9.54. The number of hydrogen-bond donors (Lipinski definition) is 0. The SMILES string of the molecule is Cc1cccc(N2C(C)CN(C)CC2CC#N)c1C. The summed E-state index contributed by atoms with van der Waals surface area (Å²) >= 11 is 0. The zero-order valence-corrected chi connectivity index (χ0v) is 12.3. The molecule has 0 aromatic heterocycles. The zero-order valence-electron chi connectivity index (χ0n) is 12.3. The van der Waals surface area contributed by atoms with Gasteiger partial charge >= 0.3 is 0 Å². The maximum atomic E-state index is 9.08. The summed E-state index contributed by atoms with van der Waals surface area (Å²) in [5.41, 5.74) is 3.95. The van der Waals surface area contributed by atoms with E-state index < -0.39 is 0 Å². The molecule has 19 heavy (non-hydrogen) atoms. The Bertz CT molecular complexity index is 489. The van der Waals surface area contributed by atoms with Gasteiger partial charge in [0.15, 0.2) is 0 Å². The lowest BCUT2D eigenvalue weighted by Crippen LogP contribution is -2.57. The molecule has 102 valence electrons. The number of aryl methyl sites for hydroxylation is 1. The van der Waals surface area contributed by atoms with Crippen molar-refractivity contribution in [3.63, 3.8) is 0 Å². The Balaban J connectivity index is 2.38. The van der Waals surface area contributed by atoms with Gasteiger partial charge in [-0.2, -0.15) is 5.26 Å². The molecule has 1 aromatic rings. The van der Waals surface area contributed by atoms with Crippen LogP contribution < -0.4 is 4.90 Å². The predicted octanol–water partition coefficient (Wildman–Crippen LogP) is 2.73. The van der Waals surface area contributed by atoms with Crippen LogP contribution in [0.5, 0.6) is 0 Å². The van der Waals surface area contributed by atoms with Crippen LogP contribution in [0.15, 0.2) is 18.2 Å². The van der Waals surface area contributed by atoms with E-state index in [1.54, 1.807) is 0 Å². The Morgan fingerprint density at radius 3 is 2.74 bits per heavy atom. The highest BCUT2D eigenvalue weighted by atomic mass is 15.3. The number of likely N-dealkylation sites (N-methyl/N-ethyl adjacent to an activating group) is 1. The summed E-state index contributed by atoms with van der Waals surface area (Å²) in [6.45, 7) is 8.60. The lowest BCUT2D eigenvalue weighted by Gasteiger charge is -2.46. The highest BCUT2D eigenvalue weighted by Gasteiger charge is 2.31. The fourth-order valence-electron chi connectivity index (χ4n) is 3.14. The second-order valence-corrected chi connectivity index (χ2v) is 5.71. The van der Waals surface area contributed by atoms with Gasteiger partial charge in [0.1, 0.15) is 0 Å². The van der Waals surface area contributed by atoms with Gasteiger partial charge in [0, 0.05) is 24.8 Å². The number of benzene rings is 1. The molecule has 0 aliphatic carbocycles. The molecule has 0 saturated carbocycles. The van der Waals surface area contributed by atoms with Gasteiger partial charge in [0.05, 0.1) is 18.5 Å². The standard InChI is InChI=1S/C16H23N3/c1-12-6-5-7-16(14(12)3)19-13(2)10-18(4)11-15(19)8-9-17/h5-7,13,15H,8,10-11H2,1-4H3. The van der Waals surface area contributed by atoms with Gasteiger partial charge in [0.25, 0.3) is 0 Å². The highest BCUT2D eigenvalue weighted by Crippen LogP contribution is 2.30. The first kappa shape index (κ1) is 13.9. The monoisotopic (exact) mass is 257 g/mol. The summed E-state index contributed by atoms with van der Waals surface area (Å²) < 4.78 is 0. The molecule has 3 nitrogen and oxygen atoms in total. The highest BCUT2D eigenvalue weighted by molar-refractivity contribution is 5.58. The van der Waals surface area contributed by atoms with Gasteiger partial charge in [-0.1, -0.05) is 12.1 Å². The van der Waals surface area contributed by atoms with Gasteiger partial charge in [-0.15, -0.1) is 0 Å². The van der Waals surface area contributed by atoms with E-state index in [-0.39, 0.29) is 0 Å². The van der Waals surface area contributed by atoms with Crippen molar-refractivity contribution in [3.05, 3.63) is 29.3 Å². The number of hydrogen-bond acceptors (Lipinski definition) is 3. The molecule has 1 aliphatic rings. The molecule has 1 fully saturated rings. The Hall–Kier alpha value is -1.53. The first-order valence-corrected chi connectivity index (χ1v) is 6.94. The molecule has 0 radical (unpaired) electrons. The van der Waals surface area contributed by atoms with Crippen molar-refractivity contribution in [2.75, 3.05) is 25.0 Å². The summed E-state index contributed by atoms with van der Waals surface area (Å²) in [6.07, 6.45) is 0.585.